The van der Waals surface area contributed by atoms with E-state index in [0.717, 1.165) is 18.9 Å². The van der Waals surface area contributed by atoms with Crippen LogP contribution in [0.1, 0.15) is 65.0 Å². The number of para-hydroxylation sites is 1. The Morgan fingerprint density at radius 2 is 1.80 bits per heavy atom. The first-order chi connectivity index (χ1) is 9.65. The van der Waals surface area contributed by atoms with Crippen molar-refractivity contribution in [3.8, 4) is 5.75 Å². The Morgan fingerprint density at radius 1 is 1.05 bits per heavy atom. The van der Waals surface area contributed by atoms with Crippen molar-refractivity contribution >= 4 is 0 Å². The molecule has 0 aliphatic carbocycles. The number of nitrogens with one attached hydrogen (secondary N) is 1. The molecule has 2 heteroatoms. The van der Waals surface area contributed by atoms with Gasteiger partial charge in [0.05, 0.1) is 6.61 Å². The molecule has 1 N–H and O–H groups in total. The first kappa shape index (κ1) is 17.0. The molecule has 0 saturated heterocycles. The molecule has 1 atom stereocenters. The van der Waals surface area contributed by atoms with Gasteiger partial charge in [0.15, 0.2) is 0 Å². The highest BCUT2D eigenvalue weighted by atomic mass is 16.5. The van der Waals surface area contributed by atoms with Crippen molar-refractivity contribution in [3.63, 3.8) is 0 Å². The van der Waals surface area contributed by atoms with E-state index in [2.05, 4.69) is 51.2 Å². The summed E-state index contributed by atoms with van der Waals surface area (Å²) in [6, 6.07) is 8.73. The van der Waals surface area contributed by atoms with Crippen LogP contribution in [0.2, 0.25) is 0 Å². The minimum atomic E-state index is 0.347. The summed E-state index contributed by atoms with van der Waals surface area (Å²) in [5, 5.41) is 3.61. The number of ether oxygens (including phenoxy) is 1. The van der Waals surface area contributed by atoms with E-state index in [0.29, 0.717) is 12.0 Å². The summed E-state index contributed by atoms with van der Waals surface area (Å²) in [5.74, 6) is 1.58. The minimum absolute atomic E-state index is 0.347. The zero-order chi connectivity index (χ0) is 14.8. The first-order valence-electron chi connectivity index (χ1n) is 8.10. The molecule has 1 unspecified atom stereocenters. The zero-order valence-corrected chi connectivity index (χ0v) is 13.6. The van der Waals surface area contributed by atoms with Gasteiger partial charge in [-0.25, -0.2) is 0 Å². The van der Waals surface area contributed by atoms with Gasteiger partial charge >= 0.3 is 0 Å². The standard InChI is InChI=1S/C18H31NO/c1-5-6-7-10-13-19-16(4)17-11-8-9-12-18(17)20-14-15(2)3/h8-9,11-12,15-16,19H,5-7,10,13-14H2,1-4H3. The van der Waals surface area contributed by atoms with Gasteiger partial charge in [-0.15, -0.1) is 0 Å². The Morgan fingerprint density at radius 3 is 2.50 bits per heavy atom. The Hall–Kier alpha value is -1.02. The molecule has 0 amide bonds. The summed E-state index contributed by atoms with van der Waals surface area (Å²) >= 11 is 0. The molecule has 0 radical (unpaired) electrons. The SMILES string of the molecule is CCCCCCNC(C)c1ccccc1OCC(C)C. The van der Waals surface area contributed by atoms with E-state index in [4.69, 9.17) is 4.74 Å². The Bertz CT molecular complexity index is 362. The maximum absolute atomic E-state index is 5.92. The average molecular weight is 277 g/mol. The largest absolute Gasteiger partial charge is 0.493 e. The molecule has 20 heavy (non-hydrogen) atoms. The summed E-state index contributed by atoms with van der Waals surface area (Å²) < 4.78 is 5.92. The highest BCUT2D eigenvalue weighted by Crippen LogP contribution is 2.25. The molecule has 0 spiro atoms. The fourth-order valence-corrected chi connectivity index (χ4v) is 2.21. The topological polar surface area (TPSA) is 21.3 Å². The maximum atomic E-state index is 5.92. The van der Waals surface area contributed by atoms with Gasteiger partial charge in [0.25, 0.3) is 0 Å². The molecule has 1 aromatic carbocycles. The van der Waals surface area contributed by atoms with Crippen LogP contribution in [0.3, 0.4) is 0 Å². The molecular formula is C18H31NO. The lowest BCUT2D eigenvalue weighted by atomic mass is 10.1. The Labute approximate surface area is 124 Å². The van der Waals surface area contributed by atoms with Crippen LogP contribution in [-0.4, -0.2) is 13.2 Å². The summed E-state index contributed by atoms with van der Waals surface area (Å²) in [5.41, 5.74) is 1.27. The van der Waals surface area contributed by atoms with Crippen LogP contribution < -0.4 is 10.1 Å². The predicted molar refractivity (Wildman–Crippen MR) is 87.3 cm³/mol. The lowest BCUT2D eigenvalue weighted by Crippen LogP contribution is -2.20. The minimum Gasteiger partial charge on any atom is -0.493 e. The van der Waals surface area contributed by atoms with Crippen LogP contribution in [0.25, 0.3) is 0 Å². The maximum Gasteiger partial charge on any atom is 0.124 e. The molecule has 0 aromatic heterocycles. The highest BCUT2D eigenvalue weighted by Gasteiger charge is 2.10. The molecule has 0 bridgehead atoms. The van der Waals surface area contributed by atoms with E-state index in [-0.39, 0.29) is 0 Å². The smallest absolute Gasteiger partial charge is 0.124 e. The number of rotatable bonds is 10. The van der Waals surface area contributed by atoms with Crippen LogP contribution in [-0.2, 0) is 0 Å². The second kappa shape index (κ2) is 9.82. The van der Waals surface area contributed by atoms with Gasteiger partial charge in [-0.3, -0.25) is 0 Å². The molecule has 0 aliphatic heterocycles. The monoisotopic (exact) mass is 277 g/mol. The molecule has 1 aromatic rings. The van der Waals surface area contributed by atoms with Crippen molar-refractivity contribution in [1.29, 1.82) is 0 Å². The van der Waals surface area contributed by atoms with Gasteiger partial charge in [-0.05, 0) is 31.9 Å². The second-order valence-electron chi connectivity index (χ2n) is 5.98. The van der Waals surface area contributed by atoms with Crippen LogP contribution >= 0.6 is 0 Å². The van der Waals surface area contributed by atoms with Crippen LogP contribution in [0.4, 0.5) is 0 Å². The number of hydrogen-bond donors (Lipinski definition) is 1. The quantitative estimate of drug-likeness (QED) is 0.611. The third-order valence-electron chi connectivity index (χ3n) is 3.44. The Balaban J connectivity index is 2.47. The average Bonchev–Trinajstić information content (AvgIpc) is 2.45. The fraction of sp³-hybridized carbons (Fsp3) is 0.667. The molecule has 2 nitrogen and oxygen atoms in total. The van der Waals surface area contributed by atoms with Crippen molar-refractivity contribution in [1.82, 2.24) is 5.32 Å². The van der Waals surface area contributed by atoms with Crippen molar-refractivity contribution in [2.24, 2.45) is 5.92 Å². The lowest BCUT2D eigenvalue weighted by Gasteiger charge is -2.19. The van der Waals surface area contributed by atoms with Crippen LogP contribution in [0.15, 0.2) is 24.3 Å². The van der Waals surface area contributed by atoms with Gasteiger partial charge in [0.2, 0.25) is 0 Å². The third kappa shape index (κ3) is 6.42. The van der Waals surface area contributed by atoms with Crippen LogP contribution in [0.5, 0.6) is 5.75 Å². The molecular weight excluding hydrogens is 246 g/mol. The second-order valence-corrected chi connectivity index (χ2v) is 5.98. The summed E-state index contributed by atoms with van der Waals surface area (Å²) in [6.07, 6.45) is 5.21. The molecule has 0 aliphatic rings. The first-order valence-corrected chi connectivity index (χ1v) is 8.10. The molecule has 0 heterocycles. The molecule has 0 saturated carbocycles. The normalized spacial score (nSPS) is 12.7. The molecule has 0 fully saturated rings. The van der Waals surface area contributed by atoms with E-state index in [1.165, 1.54) is 31.2 Å². The van der Waals surface area contributed by atoms with Gasteiger partial charge in [-0.2, -0.15) is 0 Å². The number of benzene rings is 1. The summed E-state index contributed by atoms with van der Waals surface area (Å²) in [4.78, 5) is 0. The van der Waals surface area contributed by atoms with E-state index in [9.17, 15) is 0 Å². The van der Waals surface area contributed by atoms with Gasteiger partial charge < -0.3 is 10.1 Å². The Kier molecular flexibility index (Phi) is 8.36. The molecule has 1 rings (SSSR count). The van der Waals surface area contributed by atoms with Crippen molar-refractivity contribution in [2.75, 3.05) is 13.2 Å². The van der Waals surface area contributed by atoms with Crippen molar-refractivity contribution < 1.29 is 4.74 Å². The number of hydrogen-bond acceptors (Lipinski definition) is 2. The highest BCUT2D eigenvalue weighted by molar-refractivity contribution is 5.35. The van der Waals surface area contributed by atoms with Crippen molar-refractivity contribution in [2.45, 2.75) is 59.4 Å². The van der Waals surface area contributed by atoms with Gasteiger partial charge in [-0.1, -0.05) is 58.2 Å². The van der Waals surface area contributed by atoms with Crippen molar-refractivity contribution in [3.05, 3.63) is 29.8 Å². The number of unbranched alkanes of at least 4 members (excludes halogenated alkanes) is 3. The third-order valence-corrected chi connectivity index (χ3v) is 3.44. The fourth-order valence-electron chi connectivity index (χ4n) is 2.21. The van der Waals surface area contributed by atoms with Gasteiger partial charge in [0.1, 0.15) is 5.75 Å². The zero-order valence-electron chi connectivity index (χ0n) is 13.6. The van der Waals surface area contributed by atoms with E-state index >= 15 is 0 Å². The van der Waals surface area contributed by atoms with E-state index in [1.807, 2.05) is 6.07 Å². The summed E-state index contributed by atoms with van der Waals surface area (Å²) in [6.45, 7) is 10.7. The predicted octanol–water partition coefficient (Wildman–Crippen LogP) is 4.95. The van der Waals surface area contributed by atoms with Crippen LogP contribution in [0, 0.1) is 5.92 Å². The van der Waals surface area contributed by atoms with Gasteiger partial charge in [0, 0.05) is 11.6 Å². The molecule has 114 valence electrons. The summed E-state index contributed by atoms with van der Waals surface area (Å²) in [7, 11) is 0. The van der Waals surface area contributed by atoms with E-state index < -0.39 is 0 Å². The van der Waals surface area contributed by atoms with E-state index in [1.54, 1.807) is 0 Å². The lowest BCUT2D eigenvalue weighted by molar-refractivity contribution is 0.266.